The van der Waals surface area contributed by atoms with Gasteiger partial charge in [0.25, 0.3) is 0 Å². The molecule has 0 aliphatic carbocycles. The standard InChI is InChI=1S/C14H16N4O2/c15-17-13-8-4-7-12(14(13)18(19)20)16-10-9-11-5-2-1-3-6-11/h1-8,16-17H,9-10,15H2. The van der Waals surface area contributed by atoms with Crippen molar-refractivity contribution in [2.45, 2.75) is 6.42 Å². The van der Waals surface area contributed by atoms with Gasteiger partial charge in [-0.15, -0.1) is 0 Å². The molecule has 0 heterocycles. The zero-order valence-electron chi connectivity index (χ0n) is 10.9. The van der Waals surface area contributed by atoms with E-state index in [2.05, 4.69) is 10.7 Å². The molecule has 0 aliphatic rings. The molecule has 0 bridgehead atoms. The lowest BCUT2D eigenvalue weighted by Gasteiger charge is -2.09. The van der Waals surface area contributed by atoms with Crippen molar-refractivity contribution >= 4 is 17.1 Å². The Morgan fingerprint density at radius 3 is 2.40 bits per heavy atom. The number of nitrogens with one attached hydrogen (secondary N) is 2. The van der Waals surface area contributed by atoms with Crippen LogP contribution in [0, 0.1) is 10.1 Å². The molecule has 0 atom stereocenters. The fourth-order valence-corrected chi connectivity index (χ4v) is 1.99. The van der Waals surface area contributed by atoms with Gasteiger partial charge >= 0.3 is 5.69 Å². The molecule has 0 amide bonds. The van der Waals surface area contributed by atoms with Crippen LogP contribution in [0.5, 0.6) is 0 Å². The summed E-state index contributed by atoms with van der Waals surface area (Å²) in [4.78, 5) is 10.7. The second-order valence-electron chi connectivity index (χ2n) is 4.27. The average Bonchev–Trinajstić information content (AvgIpc) is 2.47. The normalized spacial score (nSPS) is 10.1. The van der Waals surface area contributed by atoms with Gasteiger partial charge in [-0.25, -0.2) is 0 Å². The van der Waals surface area contributed by atoms with E-state index < -0.39 is 4.92 Å². The molecule has 0 spiro atoms. The van der Waals surface area contributed by atoms with Crippen molar-refractivity contribution < 1.29 is 4.92 Å². The molecule has 0 aliphatic heterocycles. The van der Waals surface area contributed by atoms with E-state index in [0.29, 0.717) is 17.9 Å². The number of hydrogen-bond acceptors (Lipinski definition) is 5. The predicted octanol–water partition coefficient (Wildman–Crippen LogP) is 2.54. The van der Waals surface area contributed by atoms with Crippen LogP contribution in [0.3, 0.4) is 0 Å². The van der Waals surface area contributed by atoms with Gasteiger partial charge in [-0.1, -0.05) is 36.4 Å². The summed E-state index contributed by atoms with van der Waals surface area (Å²) < 4.78 is 0. The minimum atomic E-state index is -0.444. The summed E-state index contributed by atoms with van der Waals surface area (Å²) >= 11 is 0. The Morgan fingerprint density at radius 2 is 1.75 bits per heavy atom. The lowest BCUT2D eigenvalue weighted by molar-refractivity contribution is -0.383. The fraction of sp³-hybridized carbons (Fsp3) is 0.143. The van der Waals surface area contributed by atoms with Crippen molar-refractivity contribution in [3.8, 4) is 0 Å². The Bertz CT molecular complexity index is 587. The Labute approximate surface area is 116 Å². The summed E-state index contributed by atoms with van der Waals surface area (Å²) in [6.07, 6.45) is 0.790. The van der Waals surface area contributed by atoms with Crippen LogP contribution in [0.4, 0.5) is 17.1 Å². The van der Waals surface area contributed by atoms with E-state index in [4.69, 9.17) is 5.84 Å². The van der Waals surface area contributed by atoms with Crippen molar-refractivity contribution in [3.63, 3.8) is 0 Å². The molecule has 6 nitrogen and oxygen atoms in total. The van der Waals surface area contributed by atoms with E-state index in [1.54, 1.807) is 18.2 Å². The van der Waals surface area contributed by atoms with Crippen LogP contribution in [0.2, 0.25) is 0 Å². The molecule has 2 rings (SSSR count). The highest BCUT2D eigenvalue weighted by Gasteiger charge is 2.18. The molecule has 0 saturated carbocycles. The maximum Gasteiger partial charge on any atom is 0.316 e. The molecule has 0 unspecified atom stereocenters. The number of nitro groups is 1. The minimum absolute atomic E-state index is 0.0388. The third-order valence-electron chi connectivity index (χ3n) is 2.95. The van der Waals surface area contributed by atoms with Gasteiger partial charge < -0.3 is 10.7 Å². The summed E-state index contributed by atoms with van der Waals surface area (Å²) in [5.74, 6) is 5.29. The van der Waals surface area contributed by atoms with Crippen LogP contribution in [0.15, 0.2) is 48.5 Å². The number of nitro benzene ring substituents is 1. The molecule has 20 heavy (non-hydrogen) atoms. The SMILES string of the molecule is NNc1cccc(NCCc2ccccc2)c1[N+](=O)[O-]. The highest BCUT2D eigenvalue weighted by atomic mass is 16.6. The summed E-state index contributed by atoms with van der Waals surface area (Å²) in [6.45, 7) is 0.610. The number of hydrazine groups is 1. The second kappa shape index (κ2) is 6.53. The van der Waals surface area contributed by atoms with Crippen molar-refractivity contribution in [1.29, 1.82) is 0 Å². The first-order chi connectivity index (χ1) is 9.72. The summed E-state index contributed by atoms with van der Waals surface area (Å²) in [7, 11) is 0. The first-order valence-electron chi connectivity index (χ1n) is 6.24. The number of hydrogen-bond donors (Lipinski definition) is 3. The van der Waals surface area contributed by atoms with Crippen LogP contribution < -0.4 is 16.6 Å². The molecule has 0 aromatic heterocycles. The highest BCUT2D eigenvalue weighted by Crippen LogP contribution is 2.31. The number of anilines is 2. The molecule has 2 aromatic rings. The van der Waals surface area contributed by atoms with Crippen LogP contribution in [0.1, 0.15) is 5.56 Å². The minimum Gasteiger partial charge on any atom is -0.379 e. The highest BCUT2D eigenvalue weighted by molar-refractivity contribution is 5.75. The van der Waals surface area contributed by atoms with Gasteiger partial charge in [0.2, 0.25) is 0 Å². The third-order valence-corrected chi connectivity index (χ3v) is 2.95. The number of para-hydroxylation sites is 1. The molecule has 0 fully saturated rings. The van der Waals surface area contributed by atoms with E-state index in [1.807, 2.05) is 30.3 Å². The summed E-state index contributed by atoms with van der Waals surface area (Å²) in [5, 5.41) is 14.2. The number of nitrogens with two attached hydrogens (primary N) is 1. The van der Waals surface area contributed by atoms with Crippen molar-refractivity contribution in [2.24, 2.45) is 5.84 Å². The number of benzene rings is 2. The van der Waals surface area contributed by atoms with Gasteiger partial charge in [0.1, 0.15) is 11.4 Å². The van der Waals surface area contributed by atoms with E-state index in [1.165, 1.54) is 5.56 Å². The Balaban J connectivity index is 2.08. The van der Waals surface area contributed by atoms with Gasteiger partial charge in [-0.05, 0) is 24.1 Å². The van der Waals surface area contributed by atoms with Crippen LogP contribution in [-0.4, -0.2) is 11.5 Å². The Morgan fingerprint density at radius 1 is 1.05 bits per heavy atom. The molecular formula is C14H16N4O2. The van der Waals surface area contributed by atoms with Gasteiger partial charge in [-0.2, -0.15) is 0 Å². The lowest BCUT2D eigenvalue weighted by atomic mass is 10.1. The summed E-state index contributed by atoms with van der Waals surface area (Å²) in [6, 6.07) is 14.9. The Kier molecular flexibility index (Phi) is 4.52. The number of nitrogens with zero attached hydrogens (tertiary/aromatic N) is 1. The van der Waals surface area contributed by atoms with E-state index in [-0.39, 0.29) is 5.69 Å². The van der Waals surface area contributed by atoms with Gasteiger partial charge in [-0.3, -0.25) is 16.0 Å². The average molecular weight is 272 g/mol. The van der Waals surface area contributed by atoms with Crippen molar-refractivity contribution in [2.75, 3.05) is 17.3 Å². The zero-order chi connectivity index (χ0) is 14.4. The molecule has 4 N–H and O–H groups in total. The van der Waals surface area contributed by atoms with E-state index in [0.717, 1.165) is 6.42 Å². The first-order valence-corrected chi connectivity index (χ1v) is 6.24. The first kappa shape index (κ1) is 13.8. The molecule has 2 aromatic carbocycles. The largest absolute Gasteiger partial charge is 0.379 e. The third kappa shape index (κ3) is 3.24. The summed E-state index contributed by atoms with van der Waals surface area (Å²) in [5.41, 5.74) is 4.23. The van der Waals surface area contributed by atoms with Crippen LogP contribution >= 0.6 is 0 Å². The molecule has 0 saturated heterocycles. The fourth-order valence-electron chi connectivity index (χ4n) is 1.99. The number of rotatable bonds is 6. The van der Waals surface area contributed by atoms with Gasteiger partial charge in [0, 0.05) is 6.54 Å². The molecular weight excluding hydrogens is 256 g/mol. The van der Waals surface area contributed by atoms with Gasteiger partial charge in [0.05, 0.1) is 4.92 Å². The predicted molar refractivity (Wildman–Crippen MR) is 79.5 cm³/mol. The Hall–Kier alpha value is -2.60. The van der Waals surface area contributed by atoms with Crippen LogP contribution in [-0.2, 0) is 6.42 Å². The quantitative estimate of drug-likeness (QED) is 0.427. The van der Waals surface area contributed by atoms with Gasteiger partial charge in [0.15, 0.2) is 0 Å². The lowest BCUT2D eigenvalue weighted by Crippen LogP contribution is -2.12. The van der Waals surface area contributed by atoms with Crippen molar-refractivity contribution in [1.82, 2.24) is 0 Å². The maximum absolute atomic E-state index is 11.1. The molecule has 0 radical (unpaired) electrons. The maximum atomic E-state index is 11.1. The molecule has 104 valence electrons. The second-order valence-corrected chi connectivity index (χ2v) is 4.27. The zero-order valence-corrected chi connectivity index (χ0v) is 10.9. The smallest absolute Gasteiger partial charge is 0.316 e. The van der Waals surface area contributed by atoms with E-state index >= 15 is 0 Å². The van der Waals surface area contributed by atoms with E-state index in [9.17, 15) is 10.1 Å². The monoisotopic (exact) mass is 272 g/mol. The van der Waals surface area contributed by atoms with Crippen molar-refractivity contribution in [3.05, 3.63) is 64.2 Å². The van der Waals surface area contributed by atoms with Crippen LogP contribution in [0.25, 0.3) is 0 Å². The number of nitrogen functional groups attached to an aromatic ring is 1. The molecule has 6 heteroatoms. The topological polar surface area (TPSA) is 93.2 Å².